The summed E-state index contributed by atoms with van der Waals surface area (Å²) >= 11 is 0. The van der Waals surface area contributed by atoms with E-state index in [0.717, 1.165) is 31.7 Å². The smallest absolute Gasteiger partial charge is 0.365 e. The maximum absolute atomic E-state index is 12.3. The largest absolute Gasteiger partial charge is 0.405 e. The monoisotopic (exact) mass is 472 g/mol. The molecule has 0 spiro atoms. The van der Waals surface area contributed by atoms with Crippen LogP contribution in [0.1, 0.15) is 20.7 Å². The average Bonchev–Trinajstić information content (AvgIpc) is 3.29. The van der Waals surface area contributed by atoms with E-state index in [2.05, 4.69) is 20.2 Å². The molecule has 1 fully saturated rings. The van der Waals surface area contributed by atoms with Crippen molar-refractivity contribution in [1.82, 2.24) is 20.6 Å². The van der Waals surface area contributed by atoms with Gasteiger partial charge in [0.05, 0.1) is 11.3 Å². The van der Waals surface area contributed by atoms with Crippen LogP contribution in [0.4, 0.5) is 19.0 Å². The van der Waals surface area contributed by atoms with Gasteiger partial charge in [0.15, 0.2) is 0 Å². The van der Waals surface area contributed by atoms with Gasteiger partial charge in [0.2, 0.25) is 0 Å². The fourth-order valence-electron chi connectivity index (χ4n) is 3.76. The molecule has 8 nitrogen and oxygen atoms in total. The van der Waals surface area contributed by atoms with E-state index in [1.165, 1.54) is 12.1 Å². The number of nitrogens with zero attached hydrogens (tertiary/aromatic N) is 2. The zero-order valence-electron chi connectivity index (χ0n) is 18.1. The zero-order chi connectivity index (χ0) is 24.3. The summed E-state index contributed by atoms with van der Waals surface area (Å²) in [6.07, 6.45) is -2.86. The summed E-state index contributed by atoms with van der Waals surface area (Å²) in [5, 5.41) is 5.11. The van der Waals surface area contributed by atoms with E-state index in [1.54, 1.807) is 30.5 Å². The highest BCUT2D eigenvalue weighted by molar-refractivity contribution is 6.00. The second-order valence-corrected chi connectivity index (χ2v) is 7.85. The average molecular weight is 472 g/mol. The van der Waals surface area contributed by atoms with Crippen LogP contribution in [0.3, 0.4) is 0 Å². The Kier molecular flexibility index (Phi) is 6.55. The molecule has 178 valence electrons. The fourth-order valence-corrected chi connectivity index (χ4v) is 3.76. The molecule has 0 bridgehead atoms. The van der Waals surface area contributed by atoms with Crippen LogP contribution in [-0.4, -0.2) is 60.7 Å². The number of anilines is 1. The van der Waals surface area contributed by atoms with Gasteiger partial charge >= 0.3 is 6.18 Å². The van der Waals surface area contributed by atoms with Gasteiger partial charge < -0.3 is 26.3 Å². The second kappa shape index (κ2) is 9.56. The van der Waals surface area contributed by atoms with Gasteiger partial charge in [0, 0.05) is 54.8 Å². The molecule has 0 aliphatic carbocycles. The third-order valence-corrected chi connectivity index (χ3v) is 5.46. The van der Waals surface area contributed by atoms with E-state index in [9.17, 15) is 22.8 Å². The molecular weight excluding hydrogens is 449 g/mol. The SMILES string of the molecule is NC(=O)c1cc(-c2ccnc(-c3ccc(C(=O)NCC(F)(F)F)cc3)c2)[nH]c1N1CCNCC1. The van der Waals surface area contributed by atoms with E-state index in [1.807, 2.05) is 11.4 Å². The number of benzene rings is 1. The number of alkyl halides is 3. The zero-order valence-corrected chi connectivity index (χ0v) is 18.1. The Hall–Kier alpha value is -3.86. The molecule has 3 aromatic rings. The summed E-state index contributed by atoms with van der Waals surface area (Å²) < 4.78 is 36.9. The van der Waals surface area contributed by atoms with E-state index in [0.29, 0.717) is 28.3 Å². The number of carbonyl (C=O) groups excluding carboxylic acids is 2. The van der Waals surface area contributed by atoms with Crippen LogP contribution in [-0.2, 0) is 0 Å². The molecule has 0 unspecified atom stereocenters. The lowest BCUT2D eigenvalue weighted by Crippen LogP contribution is -2.44. The Morgan fingerprint density at radius 1 is 1.06 bits per heavy atom. The number of aromatic nitrogens is 2. The van der Waals surface area contributed by atoms with Crippen molar-refractivity contribution >= 4 is 17.6 Å². The topological polar surface area (TPSA) is 116 Å². The molecule has 3 heterocycles. The normalized spacial score (nSPS) is 14.1. The molecule has 0 saturated carbocycles. The molecule has 1 aliphatic rings. The van der Waals surface area contributed by atoms with Crippen molar-refractivity contribution < 1.29 is 22.8 Å². The maximum atomic E-state index is 12.3. The van der Waals surface area contributed by atoms with Crippen molar-refractivity contribution in [2.75, 3.05) is 37.6 Å². The Morgan fingerprint density at radius 2 is 1.76 bits per heavy atom. The molecule has 0 atom stereocenters. The number of H-pyrrole nitrogens is 1. The van der Waals surface area contributed by atoms with Gasteiger partial charge in [-0.1, -0.05) is 12.1 Å². The van der Waals surface area contributed by atoms with Crippen LogP contribution >= 0.6 is 0 Å². The number of hydrogen-bond donors (Lipinski definition) is 4. The van der Waals surface area contributed by atoms with Crippen LogP contribution in [0.2, 0.25) is 0 Å². The number of piperazine rings is 1. The Morgan fingerprint density at radius 3 is 2.41 bits per heavy atom. The Balaban J connectivity index is 1.56. The molecule has 2 aromatic heterocycles. The van der Waals surface area contributed by atoms with E-state index in [-0.39, 0.29) is 5.56 Å². The molecule has 1 aliphatic heterocycles. The first-order chi connectivity index (χ1) is 16.2. The van der Waals surface area contributed by atoms with Gasteiger partial charge in [-0.15, -0.1) is 0 Å². The van der Waals surface area contributed by atoms with E-state index >= 15 is 0 Å². The van der Waals surface area contributed by atoms with Crippen LogP contribution in [0, 0.1) is 0 Å². The van der Waals surface area contributed by atoms with E-state index < -0.39 is 24.5 Å². The van der Waals surface area contributed by atoms with Crippen LogP contribution in [0.25, 0.3) is 22.5 Å². The van der Waals surface area contributed by atoms with Gasteiger partial charge in [-0.3, -0.25) is 14.6 Å². The maximum Gasteiger partial charge on any atom is 0.405 e. The molecule has 1 aromatic carbocycles. The number of primary amides is 1. The second-order valence-electron chi connectivity index (χ2n) is 7.85. The highest BCUT2D eigenvalue weighted by Gasteiger charge is 2.28. The number of halogens is 3. The summed E-state index contributed by atoms with van der Waals surface area (Å²) in [6, 6.07) is 11.4. The van der Waals surface area contributed by atoms with Crippen molar-refractivity contribution in [2.24, 2.45) is 5.73 Å². The first-order valence-electron chi connectivity index (χ1n) is 10.6. The minimum atomic E-state index is -4.48. The molecular formula is C23H23F3N6O2. The predicted molar refractivity (Wildman–Crippen MR) is 121 cm³/mol. The molecule has 11 heteroatoms. The van der Waals surface area contributed by atoms with Gasteiger partial charge in [-0.2, -0.15) is 13.2 Å². The third kappa shape index (κ3) is 5.37. The van der Waals surface area contributed by atoms with Crippen LogP contribution < -0.4 is 21.3 Å². The highest BCUT2D eigenvalue weighted by Crippen LogP contribution is 2.30. The summed E-state index contributed by atoms with van der Waals surface area (Å²) in [5.41, 5.74) is 8.88. The number of nitrogens with two attached hydrogens (primary N) is 1. The molecule has 0 radical (unpaired) electrons. The summed E-state index contributed by atoms with van der Waals surface area (Å²) in [4.78, 5) is 33.7. The number of hydrogen-bond acceptors (Lipinski definition) is 5. The first kappa shape index (κ1) is 23.3. The lowest BCUT2D eigenvalue weighted by Gasteiger charge is -2.28. The van der Waals surface area contributed by atoms with Crippen molar-refractivity contribution in [3.63, 3.8) is 0 Å². The number of rotatable bonds is 6. The van der Waals surface area contributed by atoms with Gasteiger partial charge in [0.1, 0.15) is 12.4 Å². The Labute approximate surface area is 193 Å². The molecule has 5 N–H and O–H groups in total. The third-order valence-electron chi connectivity index (χ3n) is 5.46. The fraction of sp³-hybridized carbons (Fsp3) is 0.261. The predicted octanol–water partition coefficient (Wildman–Crippen LogP) is 2.54. The van der Waals surface area contributed by atoms with Crippen LogP contribution in [0.5, 0.6) is 0 Å². The van der Waals surface area contributed by atoms with Crippen molar-refractivity contribution in [2.45, 2.75) is 6.18 Å². The van der Waals surface area contributed by atoms with Crippen molar-refractivity contribution in [3.8, 4) is 22.5 Å². The van der Waals surface area contributed by atoms with Gasteiger partial charge in [0.25, 0.3) is 11.8 Å². The van der Waals surface area contributed by atoms with Crippen molar-refractivity contribution in [3.05, 3.63) is 59.8 Å². The summed E-state index contributed by atoms with van der Waals surface area (Å²) in [5.74, 6) is -0.655. The standard InChI is InChI=1S/C23H23F3N6O2/c24-23(25,26)13-30-22(34)15-3-1-14(2-4-15)18-11-16(5-6-29-18)19-12-17(20(27)33)21(31-19)32-9-7-28-8-10-32/h1-6,11-12,28,31H,7-10,13H2,(H2,27,33)(H,30,34). The number of aromatic amines is 1. The molecule has 34 heavy (non-hydrogen) atoms. The van der Waals surface area contributed by atoms with E-state index in [4.69, 9.17) is 5.73 Å². The number of nitrogens with one attached hydrogen (secondary N) is 3. The lowest BCUT2D eigenvalue weighted by molar-refractivity contribution is -0.123. The minimum Gasteiger partial charge on any atom is -0.365 e. The van der Waals surface area contributed by atoms with Gasteiger partial charge in [-0.05, 0) is 30.3 Å². The molecule has 4 rings (SSSR count). The Bertz CT molecular complexity index is 1180. The van der Waals surface area contributed by atoms with Crippen LogP contribution in [0.15, 0.2) is 48.7 Å². The van der Waals surface area contributed by atoms with Crippen molar-refractivity contribution in [1.29, 1.82) is 0 Å². The number of carbonyl (C=O) groups is 2. The number of pyridine rings is 1. The molecule has 1 saturated heterocycles. The summed E-state index contributed by atoms with van der Waals surface area (Å²) in [7, 11) is 0. The first-order valence-corrected chi connectivity index (χ1v) is 10.6. The summed E-state index contributed by atoms with van der Waals surface area (Å²) in [6.45, 7) is 1.69. The lowest BCUT2D eigenvalue weighted by atomic mass is 10.1. The highest BCUT2D eigenvalue weighted by atomic mass is 19.4. The quantitative estimate of drug-likeness (QED) is 0.440. The molecule has 2 amide bonds. The number of amides is 2. The van der Waals surface area contributed by atoms with Gasteiger partial charge in [-0.25, -0.2) is 0 Å². The minimum absolute atomic E-state index is 0.111.